The van der Waals surface area contributed by atoms with Gasteiger partial charge in [-0.25, -0.2) is 18.4 Å². The van der Waals surface area contributed by atoms with E-state index in [-0.39, 0.29) is 10.8 Å². The van der Waals surface area contributed by atoms with Gasteiger partial charge in [0.05, 0.1) is 18.1 Å². The minimum atomic E-state index is -3.82. The van der Waals surface area contributed by atoms with Crippen LogP contribution in [0.2, 0.25) is 0 Å². The number of H-pyrrole nitrogens is 1. The Kier molecular flexibility index (Phi) is 4.85. The van der Waals surface area contributed by atoms with E-state index in [9.17, 15) is 22.8 Å². The van der Waals surface area contributed by atoms with Crippen molar-refractivity contribution in [1.29, 1.82) is 0 Å². The van der Waals surface area contributed by atoms with Crippen molar-refractivity contribution in [3.63, 3.8) is 0 Å². The van der Waals surface area contributed by atoms with E-state index in [0.29, 0.717) is 5.69 Å². The monoisotopic (exact) mass is 354 g/mol. The molecule has 0 atom stereocenters. The molecule has 0 saturated carbocycles. The fourth-order valence-corrected chi connectivity index (χ4v) is 2.41. The zero-order valence-electron chi connectivity index (χ0n) is 12.5. The lowest BCUT2D eigenvalue weighted by atomic mass is 10.3. The van der Waals surface area contributed by atoms with Gasteiger partial charge >= 0.3 is 5.69 Å². The summed E-state index contributed by atoms with van der Waals surface area (Å²) in [6, 6.07) is 6.21. The standard InChI is InChI=1S/C13H14N4O6S/c1-23-12-6-10(18)16-13(20)17(12)7-11(19)15-8-2-4-9(5-3-8)24(14,21)22/h2-6H,7H2,1H3,(H,15,19)(H2,14,21,22)(H,16,18,20). The molecular weight excluding hydrogens is 340 g/mol. The van der Waals surface area contributed by atoms with Gasteiger partial charge in [-0.2, -0.15) is 0 Å². The fourth-order valence-electron chi connectivity index (χ4n) is 1.89. The number of amides is 1. The Bertz CT molecular complexity index is 975. The van der Waals surface area contributed by atoms with E-state index in [1.165, 1.54) is 31.4 Å². The minimum absolute atomic E-state index is 0.0662. The summed E-state index contributed by atoms with van der Waals surface area (Å²) in [6.07, 6.45) is 0. The van der Waals surface area contributed by atoms with E-state index in [2.05, 4.69) is 5.32 Å². The maximum absolute atomic E-state index is 12.0. The van der Waals surface area contributed by atoms with Crippen molar-refractivity contribution in [3.05, 3.63) is 51.2 Å². The average Bonchev–Trinajstić information content (AvgIpc) is 2.49. The maximum Gasteiger partial charge on any atom is 0.331 e. The number of carbonyl (C=O) groups is 1. The zero-order chi connectivity index (χ0) is 17.9. The van der Waals surface area contributed by atoms with Gasteiger partial charge in [0, 0.05) is 5.69 Å². The van der Waals surface area contributed by atoms with Gasteiger partial charge in [0.15, 0.2) is 0 Å². The van der Waals surface area contributed by atoms with Crippen LogP contribution in [0.25, 0.3) is 0 Å². The molecule has 0 aliphatic rings. The Morgan fingerprint density at radius 2 is 1.92 bits per heavy atom. The number of methoxy groups -OCH3 is 1. The molecule has 0 fully saturated rings. The van der Waals surface area contributed by atoms with Crippen molar-refractivity contribution in [2.24, 2.45) is 5.14 Å². The number of rotatable bonds is 5. The van der Waals surface area contributed by atoms with Crippen LogP contribution < -0.4 is 26.4 Å². The molecule has 2 aromatic rings. The van der Waals surface area contributed by atoms with Crippen molar-refractivity contribution in [1.82, 2.24) is 9.55 Å². The summed E-state index contributed by atoms with van der Waals surface area (Å²) in [5, 5.41) is 7.46. The zero-order valence-corrected chi connectivity index (χ0v) is 13.3. The summed E-state index contributed by atoms with van der Waals surface area (Å²) in [7, 11) is -2.57. The highest BCUT2D eigenvalue weighted by atomic mass is 32.2. The smallest absolute Gasteiger partial charge is 0.331 e. The van der Waals surface area contributed by atoms with Crippen molar-refractivity contribution < 1.29 is 17.9 Å². The molecule has 0 aliphatic carbocycles. The number of aromatic amines is 1. The molecule has 0 saturated heterocycles. The van der Waals surface area contributed by atoms with Gasteiger partial charge < -0.3 is 10.1 Å². The lowest BCUT2D eigenvalue weighted by Crippen LogP contribution is -2.34. The molecule has 24 heavy (non-hydrogen) atoms. The number of hydrogen-bond acceptors (Lipinski definition) is 6. The SMILES string of the molecule is COc1cc(=O)[nH]c(=O)n1CC(=O)Nc1ccc(S(N)(=O)=O)cc1. The van der Waals surface area contributed by atoms with Gasteiger partial charge in [-0.1, -0.05) is 0 Å². The number of nitrogens with zero attached hydrogens (tertiary/aromatic N) is 1. The van der Waals surface area contributed by atoms with Crippen molar-refractivity contribution >= 4 is 21.6 Å². The lowest BCUT2D eigenvalue weighted by Gasteiger charge is -2.11. The van der Waals surface area contributed by atoms with E-state index in [4.69, 9.17) is 9.88 Å². The molecule has 128 valence electrons. The number of aromatic nitrogens is 2. The summed E-state index contributed by atoms with van der Waals surface area (Å²) >= 11 is 0. The molecule has 4 N–H and O–H groups in total. The highest BCUT2D eigenvalue weighted by Crippen LogP contribution is 2.13. The topological polar surface area (TPSA) is 153 Å². The predicted molar refractivity (Wildman–Crippen MR) is 84.3 cm³/mol. The summed E-state index contributed by atoms with van der Waals surface area (Å²) in [5.41, 5.74) is -1.13. The fraction of sp³-hybridized carbons (Fsp3) is 0.154. The van der Waals surface area contributed by atoms with Gasteiger partial charge in [-0.3, -0.25) is 19.1 Å². The Morgan fingerprint density at radius 1 is 1.29 bits per heavy atom. The molecule has 0 unspecified atom stereocenters. The Hall–Kier alpha value is -2.92. The number of hydrogen-bond donors (Lipinski definition) is 3. The molecule has 2 rings (SSSR count). The van der Waals surface area contributed by atoms with Crippen LogP contribution in [-0.2, 0) is 21.4 Å². The summed E-state index contributed by atoms with van der Waals surface area (Å²) < 4.78 is 28.1. The van der Waals surface area contributed by atoms with Crippen LogP contribution in [0.1, 0.15) is 0 Å². The maximum atomic E-state index is 12.0. The molecule has 0 spiro atoms. The van der Waals surface area contributed by atoms with Gasteiger partial charge in [0.25, 0.3) is 5.56 Å². The molecule has 1 amide bonds. The molecule has 1 heterocycles. The summed E-state index contributed by atoms with van der Waals surface area (Å²) in [4.78, 5) is 36.9. The second-order valence-electron chi connectivity index (χ2n) is 4.68. The Morgan fingerprint density at radius 3 is 2.46 bits per heavy atom. The number of ether oxygens (including phenoxy) is 1. The second kappa shape index (κ2) is 6.68. The van der Waals surface area contributed by atoms with E-state index in [0.717, 1.165) is 10.6 Å². The highest BCUT2D eigenvalue weighted by molar-refractivity contribution is 7.89. The van der Waals surface area contributed by atoms with Crippen molar-refractivity contribution in [2.45, 2.75) is 11.4 Å². The molecule has 11 heteroatoms. The summed E-state index contributed by atoms with van der Waals surface area (Å²) in [5.74, 6) is -0.644. The third-order valence-electron chi connectivity index (χ3n) is 2.97. The molecule has 0 radical (unpaired) electrons. The number of primary sulfonamides is 1. The Labute approximate surface area is 135 Å². The molecule has 10 nitrogen and oxygen atoms in total. The van der Waals surface area contributed by atoms with Crippen LogP contribution in [0.5, 0.6) is 5.88 Å². The van der Waals surface area contributed by atoms with Gasteiger partial charge in [0.2, 0.25) is 21.8 Å². The largest absolute Gasteiger partial charge is 0.482 e. The van der Waals surface area contributed by atoms with E-state index < -0.39 is 33.7 Å². The molecule has 1 aromatic heterocycles. The quantitative estimate of drug-likeness (QED) is 0.615. The van der Waals surface area contributed by atoms with Gasteiger partial charge in [0.1, 0.15) is 6.54 Å². The van der Waals surface area contributed by atoms with Gasteiger partial charge in [-0.15, -0.1) is 0 Å². The third kappa shape index (κ3) is 4.08. The number of benzene rings is 1. The minimum Gasteiger partial charge on any atom is -0.482 e. The Balaban J connectivity index is 2.17. The number of anilines is 1. The van der Waals surface area contributed by atoms with Crippen LogP contribution in [0.4, 0.5) is 5.69 Å². The first kappa shape index (κ1) is 17.4. The molecular formula is C13H14N4O6S. The average molecular weight is 354 g/mol. The van der Waals surface area contributed by atoms with E-state index in [1.54, 1.807) is 0 Å². The number of carbonyl (C=O) groups excluding carboxylic acids is 1. The van der Waals surface area contributed by atoms with E-state index >= 15 is 0 Å². The first-order chi connectivity index (χ1) is 11.2. The second-order valence-corrected chi connectivity index (χ2v) is 6.25. The number of nitrogens with two attached hydrogens (primary N) is 1. The van der Waals surface area contributed by atoms with Crippen molar-refractivity contribution in [3.8, 4) is 5.88 Å². The highest BCUT2D eigenvalue weighted by Gasteiger charge is 2.12. The van der Waals surface area contributed by atoms with Gasteiger partial charge in [-0.05, 0) is 24.3 Å². The number of nitrogens with one attached hydrogen (secondary N) is 2. The normalized spacial score (nSPS) is 11.1. The first-order valence-corrected chi connectivity index (χ1v) is 8.06. The van der Waals surface area contributed by atoms with E-state index in [1.807, 2.05) is 4.98 Å². The van der Waals surface area contributed by atoms with Crippen LogP contribution in [-0.4, -0.2) is 31.0 Å². The van der Waals surface area contributed by atoms with Crippen LogP contribution >= 0.6 is 0 Å². The van der Waals surface area contributed by atoms with Crippen LogP contribution in [0.3, 0.4) is 0 Å². The summed E-state index contributed by atoms with van der Waals surface area (Å²) in [6.45, 7) is -0.407. The first-order valence-electron chi connectivity index (χ1n) is 6.51. The lowest BCUT2D eigenvalue weighted by molar-refractivity contribution is -0.116. The number of sulfonamides is 1. The molecule has 0 bridgehead atoms. The van der Waals surface area contributed by atoms with Crippen LogP contribution in [0.15, 0.2) is 44.8 Å². The molecule has 1 aromatic carbocycles. The third-order valence-corrected chi connectivity index (χ3v) is 3.90. The van der Waals surface area contributed by atoms with Crippen LogP contribution in [0, 0.1) is 0 Å². The molecule has 0 aliphatic heterocycles. The predicted octanol–water partition coefficient (Wildman–Crippen LogP) is -1.17. The van der Waals surface area contributed by atoms with Crippen molar-refractivity contribution in [2.75, 3.05) is 12.4 Å².